The predicted octanol–water partition coefficient (Wildman–Crippen LogP) is 4.11. The van der Waals surface area contributed by atoms with Gasteiger partial charge < -0.3 is 19.7 Å². The van der Waals surface area contributed by atoms with E-state index in [1.165, 1.54) is 42.3 Å². The Balaban J connectivity index is 2.02. The second kappa shape index (κ2) is 13.3. The number of hydrogen-bond donors (Lipinski definition) is 1. The van der Waals surface area contributed by atoms with Crippen LogP contribution in [0.4, 0.5) is 5.69 Å². The zero-order valence-corrected chi connectivity index (χ0v) is 23.8. The van der Waals surface area contributed by atoms with E-state index < -0.39 is 28.5 Å². The molecule has 0 spiro atoms. The normalized spacial score (nSPS) is 11.8. The monoisotopic (exact) mass is 573 g/mol. The summed E-state index contributed by atoms with van der Waals surface area (Å²) in [5, 5.41) is 3.04. The van der Waals surface area contributed by atoms with Crippen LogP contribution in [0, 0.1) is 0 Å². The molecule has 3 rings (SSSR count). The maximum Gasteiger partial charge on any atom is 0.264 e. The first-order valence-corrected chi connectivity index (χ1v) is 14.0. The first kappa shape index (κ1) is 29.8. The Bertz CT molecular complexity index is 1380. The first-order chi connectivity index (χ1) is 18.6. The maximum absolute atomic E-state index is 13.8. The van der Waals surface area contributed by atoms with Crippen LogP contribution in [-0.2, 0) is 26.2 Å². The number of amides is 2. The standard InChI is InChI=1S/C28H32ClN3O6S/c1-5-30-28(34)20(2)31(18-21-9-11-24(37-3)12-10-21)27(33)19-32(23-8-6-7-22(29)17-23)39(35,36)26-15-13-25(38-4)14-16-26/h6-17,20H,5,18-19H2,1-4H3,(H,30,34)/t20-/m1/s1. The van der Waals surface area contributed by atoms with E-state index in [9.17, 15) is 18.0 Å². The van der Waals surface area contributed by atoms with Crippen LogP contribution in [0.15, 0.2) is 77.7 Å². The Hall–Kier alpha value is -3.76. The van der Waals surface area contributed by atoms with Gasteiger partial charge in [0.1, 0.15) is 24.1 Å². The summed E-state index contributed by atoms with van der Waals surface area (Å²) in [4.78, 5) is 27.9. The number of benzene rings is 3. The molecule has 0 unspecified atom stereocenters. The number of rotatable bonds is 12. The number of methoxy groups -OCH3 is 2. The molecule has 1 N–H and O–H groups in total. The molecule has 2 amide bonds. The van der Waals surface area contributed by atoms with Crippen molar-refractivity contribution in [3.05, 3.63) is 83.4 Å². The topological polar surface area (TPSA) is 105 Å². The number of ether oxygens (including phenoxy) is 2. The minimum absolute atomic E-state index is 0.0328. The molecule has 0 saturated heterocycles. The van der Waals surface area contributed by atoms with Crippen molar-refractivity contribution in [3.63, 3.8) is 0 Å². The molecule has 0 aliphatic carbocycles. The molecule has 3 aromatic carbocycles. The van der Waals surface area contributed by atoms with Gasteiger partial charge in [0.25, 0.3) is 10.0 Å². The van der Waals surface area contributed by atoms with Gasteiger partial charge in [-0.15, -0.1) is 0 Å². The van der Waals surface area contributed by atoms with Crippen molar-refractivity contribution in [1.82, 2.24) is 10.2 Å². The zero-order valence-electron chi connectivity index (χ0n) is 22.3. The fraction of sp³-hybridized carbons (Fsp3) is 0.286. The van der Waals surface area contributed by atoms with Crippen LogP contribution in [0.2, 0.25) is 5.02 Å². The van der Waals surface area contributed by atoms with E-state index >= 15 is 0 Å². The average Bonchev–Trinajstić information content (AvgIpc) is 2.94. The van der Waals surface area contributed by atoms with Gasteiger partial charge in [-0.3, -0.25) is 13.9 Å². The van der Waals surface area contributed by atoms with Crippen LogP contribution < -0.4 is 19.1 Å². The van der Waals surface area contributed by atoms with Crippen molar-refractivity contribution >= 4 is 39.1 Å². The summed E-state index contributed by atoms with van der Waals surface area (Å²) in [5.41, 5.74) is 0.953. The van der Waals surface area contributed by atoms with Crippen LogP contribution in [-0.4, -0.2) is 58.5 Å². The lowest BCUT2D eigenvalue weighted by Crippen LogP contribution is -2.51. The van der Waals surface area contributed by atoms with Crippen LogP contribution in [0.5, 0.6) is 11.5 Å². The number of likely N-dealkylation sites (N-methyl/N-ethyl adjacent to an activating group) is 1. The molecule has 11 heteroatoms. The van der Waals surface area contributed by atoms with E-state index in [0.717, 1.165) is 9.87 Å². The summed E-state index contributed by atoms with van der Waals surface area (Å²) in [6.45, 7) is 3.28. The molecule has 0 bridgehead atoms. The molecule has 1 atom stereocenters. The average molecular weight is 574 g/mol. The Morgan fingerprint density at radius 1 is 0.949 bits per heavy atom. The Morgan fingerprint density at radius 3 is 2.08 bits per heavy atom. The number of nitrogens with zero attached hydrogens (tertiary/aromatic N) is 2. The molecule has 9 nitrogen and oxygen atoms in total. The lowest BCUT2D eigenvalue weighted by molar-refractivity contribution is -0.139. The second-order valence-electron chi connectivity index (χ2n) is 8.61. The highest BCUT2D eigenvalue weighted by molar-refractivity contribution is 7.92. The Labute approximate surface area is 234 Å². The van der Waals surface area contributed by atoms with E-state index in [1.807, 2.05) is 0 Å². The van der Waals surface area contributed by atoms with Gasteiger partial charge in [-0.1, -0.05) is 29.8 Å². The summed E-state index contributed by atoms with van der Waals surface area (Å²) in [7, 11) is -1.18. The third kappa shape index (κ3) is 7.42. The van der Waals surface area contributed by atoms with E-state index in [0.29, 0.717) is 23.1 Å². The molecule has 0 aliphatic rings. The number of halogens is 1. The molecule has 0 fully saturated rings. The lowest BCUT2D eigenvalue weighted by atomic mass is 10.1. The summed E-state index contributed by atoms with van der Waals surface area (Å²) in [6.07, 6.45) is 0. The molecule has 0 heterocycles. The predicted molar refractivity (Wildman–Crippen MR) is 151 cm³/mol. The largest absolute Gasteiger partial charge is 0.497 e. The first-order valence-electron chi connectivity index (χ1n) is 12.2. The van der Waals surface area contributed by atoms with Crippen molar-refractivity contribution < 1.29 is 27.5 Å². The van der Waals surface area contributed by atoms with Gasteiger partial charge in [-0.2, -0.15) is 0 Å². The number of carbonyl (C=O) groups is 2. The third-order valence-electron chi connectivity index (χ3n) is 6.05. The number of nitrogens with one attached hydrogen (secondary N) is 1. The van der Waals surface area contributed by atoms with Gasteiger partial charge in [0.2, 0.25) is 11.8 Å². The molecule has 0 radical (unpaired) electrons. The number of sulfonamides is 1. The quantitative estimate of drug-likeness (QED) is 0.350. The summed E-state index contributed by atoms with van der Waals surface area (Å²) < 4.78 is 39.0. The van der Waals surface area contributed by atoms with E-state index in [4.69, 9.17) is 21.1 Å². The minimum atomic E-state index is -4.21. The Morgan fingerprint density at radius 2 is 1.54 bits per heavy atom. The fourth-order valence-corrected chi connectivity index (χ4v) is 5.46. The molecular weight excluding hydrogens is 542 g/mol. The number of carbonyl (C=O) groups excluding carboxylic acids is 2. The molecule has 0 aromatic heterocycles. The molecule has 3 aromatic rings. The van der Waals surface area contributed by atoms with E-state index in [2.05, 4.69) is 5.32 Å². The van der Waals surface area contributed by atoms with Crippen molar-refractivity contribution in [2.45, 2.75) is 31.3 Å². The molecular formula is C28H32ClN3O6S. The molecule has 208 valence electrons. The van der Waals surface area contributed by atoms with Crippen molar-refractivity contribution in [3.8, 4) is 11.5 Å². The number of hydrogen-bond acceptors (Lipinski definition) is 6. The minimum Gasteiger partial charge on any atom is -0.497 e. The van der Waals surface area contributed by atoms with Crippen molar-refractivity contribution in [2.75, 3.05) is 31.6 Å². The van der Waals surface area contributed by atoms with Gasteiger partial charge in [0.05, 0.1) is 24.8 Å². The Kier molecular flexibility index (Phi) is 10.2. The van der Waals surface area contributed by atoms with Crippen LogP contribution in [0.3, 0.4) is 0 Å². The van der Waals surface area contributed by atoms with Crippen LogP contribution in [0.1, 0.15) is 19.4 Å². The SMILES string of the molecule is CCNC(=O)[C@@H](C)N(Cc1ccc(OC)cc1)C(=O)CN(c1cccc(Cl)c1)S(=O)(=O)c1ccc(OC)cc1. The van der Waals surface area contributed by atoms with Gasteiger partial charge in [0.15, 0.2) is 0 Å². The fourth-order valence-electron chi connectivity index (χ4n) is 3.87. The van der Waals surface area contributed by atoms with Gasteiger partial charge in [0, 0.05) is 18.1 Å². The van der Waals surface area contributed by atoms with Crippen molar-refractivity contribution in [1.29, 1.82) is 0 Å². The van der Waals surface area contributed by atoms with Gasteiger partial charge in [-0.25, -0.2) is 8.42 Å². The van der Waals surface area contributed by atoms with Crippen LogP contribution >= 0.6 is 11.6 Å². The number of anilines is 1. The molecule has 39 heavy (non-hydrogen) atoms. The highest BCUT2D eigenvalue weighted by Gasteiger charge is 2.32. The summed E-state index contributed by atoms with van der Waals surface area (Å²) in [6, 6.07) is 18.3. The van der Waals surface area contributed by atoms with Crippen LogP contribution in [0.25, 0.3) is 0 Å². The third-order valence-corrected chi connectivity index (χ3v) is 8.08. The molecule has 0 aliphatic heterocycles. The van der Waals surface area contributed by atoms with E-state index in [-0.39, 0.29) is 23.0 Å². The smallest absolute Gasteiger partial charge is 0.264 e. The van der Waals surface area contributed by atoms with Gasteiger partial charge in [-0.05, 0) is 74.0 Å². The highest BCUT2D eigenvalue weighted by Crippen LogP contribution is 2.28. The zero-order chi connectivity index (χ0) is 28.6. The summed E-state index contributed by atoms with van der Waals surface area (Å²) in [5.74, 6) is 0.209. The molecule has 0 saturated carbocycles. The highest BCUT2D eigenvalue weighted by atomic mass is 35.5. The van der Waals surface area contributed by atoms with E-state index in [1.54, 1.807) is 63.4 Å². The van der Waals surface area contributed by atoms with Gasteiger partial charge >= 0.3 is 0 Å². The summed E-state index contributed by atoms with van der Waals surface area (Å²) >= 11 is 6.19. The second-order valence-corrected chi connectivity index (χ2v) is 10.9. The maximum atomic E-state index is 13.8. The van der Waals surface area contributed by atoms with Crippen molar-refractivity contribution in [2.24, 2.45) is 0 Å². The lowest BCUT2D eigenvalue weighted by Gasteiger charge is -2.32.